The average Bonchev–Trinajstić information content (AvgIpc) is 3.37. The van der Waals surface area contributed by atoms with E-state index in [0.717, 1.165) is 42.0 Å². The molecule has 0 bridgehead atoms. The Labute approximate surface area is 198 Å². The Bertz CT molecular complexity index is 1520. The van der Waals surface area contributed by atoms with Gasteiger partial charge in [0.15, 0.2) is 5.76 Å². The van der Waals surface area contributed by atoms with Crippen LogP contribution in [0.2, 0.25) is 0 Å². The first kappa shape index (κ1) is 20.6. The molecule has 0 amide bonds. The van der Waals surface area contributed by atoms with Crippen LogP contribution < -0.4 is 15.0 Å². The van der Waals surface area contributed by atoms with E-state index in [4.69, 9.17) is 9.15 Å². The summed E-state index contributed by atoms with van der Waals surface area (Å²) >= 11 is 1.65. The van der Waals surface area contributed by atoms with Crippen LogP contribution in [0.15, 0.2) is 76.0 Å². The molecule has 0 unspecified atom stereocenters. The third-order valence-electron chi connectivity index (χ3n) is 5.99. The number of nitrogens with zero attached hydrogens (tertiary/aromatic N) is 5. The van der Waals surface area contributed by atoms with Crippen LogP contribution in [-0.4, -0.2) is 39.4 Å². The largest absolute Gasteiger partial charge is 0.490 e. The Kier molecular flexibility index (Phi) is 5.31. The van der Waals surface area contributed by atoms with Crippen LogP contribution in [-0.2, 0) is 0 Å². The van der Waals surface area contributed by atoms with Gasteiger partial charge in [-0.2, -0.15) is 0 Å². The number of hydrogen-bond acceptors (Lipinski definition) is 9. The summed E-state index contributed by atoms with van der Waals surface area (Å²) < 4.78 is 13.5. The van der Waals surface area contributed by atoms with Crippen LogP contribution in [0.4, 0.5) is 5.95 Å². The minimum atomic E-state index is 0.0878. The molecule has 1 N–H and O–H groups in total. The zero-order valence-electron chi connectivity index (χ0n) is 18.2. The maximum atomic E-state index is 9.70. The van der Waals surface area contributed by atoms with Gasteiger partial charge in [-0.15, -0.1) is 11.3 Å². The summed E-state index contributed by atoms with van der Waals surface area (Å²) in [5.41, 5.74) is 1.29. The number of hydrogen-bond donors (Lipinski definition) is 1. The van der Waals surface area contributed by atoms with Crippen molar-refractivity contribution in [2.45, 2.75) is 18.9 Å². The Morgan fingerprint density at radius 1 is 1.06 bits per heavy atom. The van der Waals surface area contributed by atoms with Crippen LogP contribution in [0.25, 0.3) is 32.5 Å². The Morgan fingerprint density at radius 2 is 1.91 bits per heavy atom. The molecule has 0 spiro atoms. The number of aromatic nitrogens is 3. The molecule has 0 atom stereocenters. The molecule has 0 aliphatic carbocycles. The molecule has 4 aromatic heterocycles. The van der Waals surface area contributed by atoms with Crippen molar-refractivity contribution in [2.24, 2.45) is 5.16 Å². The maximum Gasteiger partial charge on any atom is 0.225 e. The maximum absolute atomic E-state index is 9.70. The number of benzene rings is 1. The zero-order chi connectivity index (χ0) is 22.9. The molecular formula is C25H21N5O3S. The van der Waals surface area contributed by atoms with Gasteiger partial charge in [-0.1, -0.05) is 5.16 Å². The standard InChI is InChI=1S/C25H21N5O3S/c31-29-20-13-23(21-14-24-16(15-28-21)6-11-34-24)33-22-3-2-18(12-19(20)22)32-17-4-9-30(10-5-17)25-26-7-1-8-27-25/h1-3,6-8,11-15,17,31H,4-5,9-10H2/b29-20-. The first-order valence-electron chi connectivity index (χ1n) is 11.0. The smallest absolute Gasteiger partial charge is 0.225 e. The van der Waals surface area contributed by atoms with Gasteiger partial charge in [0.2, 0.25) is 5.95 Å². The van der Waals surface area contributed by atoms with Crippen molar-refractivity contribution in [3.63, 3.8) is 0 Å². The number of piperidine rings is 1. The predicted octanol–water partition coefficient (Wildman–Crippen LogP) is 4.84. The molecule has 1 fully saturated rings. The third-order valence-corrected chi connectivity index (χ3v) is 6.87. The van der Waals surface area contributed by atoms with Gasteiger partial charge in [0.05, 0.1) is 5.39 Å². The summed E-state index contributed by atoms with van der Waals surface area (Å²) in [6.07, 6.45) is 7.17. The molecule has 0 radical (unpaired) electrons. The van der Waals surface area contributed by atoms with Crippen LogP contribution in [0.3, 0.4) is 0 Å². The predicted molar refractivity (Wildman–Crippen MR) is 130 cm³/mol. The molecule has 8 nitrogen and oxygen atoms in total. The van der Waals surface area contributed by atoms with E-state index in [9.17, 15) is 5.21 Å². The van der Waals surface area contributed by atoms with Gasteiger partial charge in [-0.05, 0) is 41.8 Å². The van der Waals surface area contributed by atoms with Crippen molar-refractivity contribution >= 4 is 38.3 Å². The van der Waals surface area contributed by atoms with Crippen molar-refractivity contribution in [1.82, 2.24) is 15.0 Å². The molecule has 6 rings (SSSR count). The first-order valence-corrected chi connectivity index (χ1v) is 11.9. The molecule has 1 aliphatic heterocycles. The molecule has 34 heavy (non-hydrogen) atoms. The summed E-state index contributed by atoms with van der Waals surface area (Å²) in [7, 11) is 0. The topological polar surface area (TPSA) is 96.9 Å². The van der Waals surface area contributed by atoms with E-state index < -0.39 is 0 Å². The Hall–Kier alpha value is -3.98. The van der Waals surface area contributed by atoms with Crippen LogP contribution >= 0.6 is 11.3 Å². The van der Waals surface area contributed by atoms with Gasteiger partial charge in [0, 0.05) is 60.7 Å². The van der Waals surface area contributed by atoms with Gasteiger partial charge in [-0.3, -0.25) is 4.98 Å². The molecule has 5 aromatic rings. The second kappa shape index (κ2) is 8.75. The zero-order valence-corrected chi connectivity index (χ0v) is 19.0. The molecule has 5 heterocycles. The SMILES string of the molecule is O/N=c1/cc(-c2cc3sccc3cn2)oc2ccc(OC3CCN(c4ncccn4)CC3)cc12. The number of pyridine rings is 1. The molecule has 1 aliphatic rings. The van der Waals surface area contributed by atoms with Gasteiger partial charge in [0.25, 0.3) is 0 Å². The fraction of sp³-hybridized carbons (Fsp3) is 0.200. The fourth-order valence-electron chi connectivity index (χ4n) is 4.24. The minimum Gasteiger partial charge on any atom is -0.490 e. The van der Waals surface area contributed by atoms with Gasteiger partial charge < -0.3 is 19.3 Å². The lowest BCUT2D eigenvalue weighted by Gasteiger charge is -2.32. The summed E-state index contributed by atoms with van der Waals surface area (Å²) in [5, 5.41) is 17.4. The summed E-state index contributed by atoms with van der Waals surface area (Å²) in [4.78, 5) is 15.3. The van der Waals surface area contributed by atoms with Crippen LogP contribution in [0.1, 0.15) is 12.8 Å². The van der Waals surface area contributed by atoms with Crippen LogP contribution in [0.5, 0.6) is 5.75 Å². The highest BCUT2D eigenvalue weighted by Gasteiger charge is 2.22. The Balaban J connectivity index is 1.23. The summed E-state index contributed by atoms with van der Waals surface area (Å²) in [6.45, 7) is 1.67. The quantitative estimate of drug-likeness (QED) is 0.296. The molecule has 1 aromatic carbocycles. The molecule has 1 saturated heterocycles. The van der Waals surface area contributed by atoms with Gasteiger partial charge in [-0.25, -0.2) is 9.97 Å². The second-order valence-electron chi connectivity index (χ2n) is 8.13. The lowest BCUT2D eigenvalue weighted by atomic mass is 10.1. The van der Waals surface area contributed by atoms with Crippen molar-refractivity contribution < 1.29 is 14.4 Å². The molecule has 9 heteroatoms. The highest BCUT2D eigenvalue weighted by atomic mass is 32.1. The first-order chi connectivity index (χ1) is 16.8. The lowest BCUT2D eigenvalue weighted by molar-refractivity contribution is 0.170. The molecule has 0 saturated carbocycles. The van der Waals surface area contributed by atoms with E-state index in [1.165, 1.54) is 0 Å². The molecule has 170 valence electrons. The lowest BCUT2D eigenvalue weighted by Crippen LogP contribution is -2.39. The van der Waals surface area contributed by atoms with E-state index in [1.807, 2.05) is 48.0 Å². The third kappa shape index (κ3) is 3.94. The highest BCUT2D eigenvalue weighted by molar-refractivity contribution is 7.17. The van der Waals surface area contributed by atoms with Crippen molar-refractivity contribution in [3.8, 4) is 17.2 Å². The average molecular weight is 472 g/mol. The van der Waals surface area contributed by atoms with Crippen LogP contribution in [0, 0.1) is 0 Å². The van der Waals surface area contributed by atoms with Crippen molar-refractivity contribution in [3.05, 3.63) is 71.8 Å². The second-order valence-corrected chi connectivity index (χ2v) is 9.08. The van der Waals surface area contributed by atoms with Gasteiger partial charge in [0.1, 0.15) is 28.5 Å². The van der Waals surface area contributed by atoms with E-state index >= 15 is 0 Å². The van der Waals surface area contributed by atoms with Gasteiger partial charge >= 0.3 is 0 Å². The summed E-state index contributed by atoms with van der Waals surface area (Å²) in [5.74, 6) is 2.01. The van der Waals surface area contributed by atoms with Crippen molar-refractivity contribution in [1.29, 1.82) is 0 Å². The number of thiophene rings is 1. The van der Waals surface area contributed by atoms with E-state index in [0.29, 0.717) is 33.5 Å². The number of ether oxygens (including phenoxy) is 1. The van der Waals surface area contributed by atoms with E-state index in [-0.39, 0.29) is 6.10 Å². The summed E-state index contributed by atoms with van der Waals surface area (Å²) in [6, 6.07) is 13.1. The van der Waals surface area contributed by atoms with E-state index in [1.54, 1.807) is 29.8 Å². The minimum absolute atomic E-state index is 0.0878. The normalized spacial score (nSPS) is 15.3. The van der Waals surface area contributed by atoms with E-state index in [2.05, 4.69) is 25.0 Å². The fourth-order valence-corrected chi connectivity index (χ4v) is 5.04. The van der Waals surface area contributed by atoms with Crippen molar-refractivity contribution in [2.75, 3.05) is 18.0 Å². The highest BCUT2D eigenvalue weighted by Crippen LogP contribution is 2.29. The number of rotatable bonds is 4. The number of fused-ring (bicyclic) bond motifs is 2. The number of anilines is 1. The molecular weight excluding hydrogens is 450 g/mol. The monoisotopic (exact) mass is 471 g/mol. The Morgan fingerprint density at radius 3 is 2.74 bits per heavy atom.